The molecule has 2 rings (SSSR count). The molecular weight excluding hydrogens is 405 g/mol. The number of aliphatic hydroxyl groups is 1. The fraction of sp³-hybridized carbons (Fsp3) is 0.300. The summed E-state index contributed by atoms with van der Waals surface area (Å²) < 4.78 is 4.78. The van der Waals surface area contributed by atoms with Crippen LogP contribution in [-0.2, 0) is 20.7 Å². The Morgan fingerprint density at radius 1 is 1.07 bits per heavy atom. The number of rotatable bonds is 9. The lowest BCUT2D eigenvalue weighted by Gasteiger charge is -2.20. The predicted octanol–water partition coefficient (Wildman–Crippen LogP) is 3.17. The van der Waals surface area contributed by atoms with Gasteiger partial charge in [0.05, 0.1) is 0 Å². The van der Waals surface area contributed by atoms with E-state index in [9.17, 15) is 14.7 Å². The van der Waals surface area contributed by atoms with Gasteiger partial charge in [0.2, 0.25) is 5.91 Å². The normalized spacial score (nSPS) is 13.0. The van der Waals surface area contributed by atoms with Gasteiger partial charge in [-0.3, -0.25) is 4.79 Å². The monoisotopic (exact) mass is 425 g/mol. The number of carboxylic acids is 1. The fourth-order valence-electron chi connectivity index (χ4n) is 2.80. The van der Waals surface area contributed by atoms with E-state index in [0.29, 0.717) is 16.5 Å². The van der Waals surface area contributed by atoms with Gasteiger partial charge < -0.3 is 20.3 Å². The predicted molar refractivity (Wildman–Crippen MR) is 108 cm³/mol. The SMILES string of the molecule is COCC(=O)N[C@@H](Cc1ccc(-c2cc(Cl)cc(Cl)c2)cc1)C[C@H](O)C(=O)O. The first kappa shape index (κ1) is 22.2. The van der Waals surface area contributed by atoms with Crippen LogP contribution in [0, 0.1) is 0 Å². The molecule has 0 radical (unpaired) electrons. The first-order chi connectivity index (χ1) is 13.3. The number of nitrogens with one attached hydrogen (secondary N) is 1. The van der Waals surface area contributed by atoms with Crippen LogP contribution in [0.25, 0.3) is 11.1 Å². The van der Waals surface area contributed by atoms with Crippen LogP contribution >= 0.6 is 23.2 Å². The standard InChI is InChI=1S/C20H21Cl2NO5/c1-28-11-19(25)23-17(10-18(24)20(26)27)6-12-2-4-13(5-3-12)14-7-15(21)9-16(22)8-14/h2-5,7-9,17-18,24H,6,10-11H2,1H3,(H,23,25)(H,26,27)/t17-,18-/m0/s1. The van der Waals surface area contributed by atoms with Crippen molar-refractivity contribution in [2.75, 3.05) is 13.7 Å². The van der Waals surface area contributed by atoms with E-state index in [1.807, 2.05) is 24.3 Å². The summed E-state index contributed by atoms with van der Waals surface area (Å²) in [7, 11) is 1.39. The number of methoxy groups -OCH3 is 1. The van der Waals surface area contributed by atoms with Crippen molar-refractivity contribution in [1.29, 1.82) is 0 Å². The van der Waals surface area contributed by atoms with Crippen LogP contribution < -0.4 is 5.32 Å². The molecule has 28 heavy (non-hydrogen) atoms. The van der Waals surface area contributed by atoms with Gasteiger partial charge in [0, 0.05) is 29.6 Å². The Labute approximate surface area is 173 Å². The van der Waals surface area contributed by atoms with Gasteiger partial charge in [-0.15, -0.1) is 0 Å². The van der Waals surface area contributed by atoms with Crippen LogP contribution in [0.2, 0.25) is 10.0 Å². The summed E-state index contributed by atoms with van der Waals surface area (Å²) in [6.07, 6.45) is -1.33. The van der Waals surface area contributed by atoms with Gasteiger partial charge in [-0.2, -0.15) is 0 Å². The zero-order chi connectivity index (χ0) is 20.7. The fourth-order valence-corrected chi connectivity index (χ4v) is 3.33. The number of carboxylic acid groups (broad SMARTS) is 1. The quantitative estimate of drug-likeness (QED) is 0.573. The number of aliphatic hydroxyl groups excluding tert-OH is 1. The Hall–Kier alpha value is -2.12. The smallest absolute Gasteiger partial charge is 0.332 e. The van der Waals surface area contributed by atoms with Crippen molar-refractivity contribution in [3.63, 3.8) is 0 Å². The highest BCUT2D eigenvalue weighted by molar-refractivity contribution is 6.35. The third-order valence-corrected chi connectivity index (χ3v) is 4.50. The number of hydrogen-bond acceptors (Lipinski definition) is 4. The van der Waals surface area contributed by atoms with Gasteiger partial charge in [0.15, 0.2) is 6.10 Å². The van der Waals surface area contributed by atoms with Crippen molar-refractivity contribution < 1.29 is 24.5 Å². The highest BCUT2D eigenvalue weighted by Gasteiger charge is 2.22. The Morgan fingerprint density at radius 2 is 1.68 bits per heavy atom. The van der Waals surface area contributed by atoms with E-state index in [-0.39, 0.29) is 18.9 Å². The van der Waals surface area contributed by atoms with E-state index in [1.165, 1.54) is 7.11 Å². The van der Waals surface area contributed by atoms with E-state index in [4.69, 9.17) is 33.0 Å². The van der Waals surface area contributed by atoms with Crippen molar-refractivity contribution in [3.05, 3.63) is 58.1 Å². The molecule has 1 amide bonds. The molecule has 0 aliphatic rings. The zero-order valence-electron chi connectivity index (χ0n) is 15.2. The molecule has 0 fully saturated rings. The molecule has 0 aliphatic heterocycles. The van der Waals surface area contributed by atoms with Gasteiger partial charge in [-0.1, -0.05) is 47.5 Å². The van der Waals surface area contributed by atoms with Crippen LogP contribution in [0.4, 0.5) is 0 Å². The first-order valence-electron chi connectivity index (χ1n) is 8.53. The summed E-state index contributed by atoms with van der Waals surface area (Å²) >= 11 is 12.1. The minimum atomic E-state index is -1.57. The molecule has 6 nitrogen and oxygen atoms in total. The second-order valence-electron chi connectivity index (χ2n) is 6.35. The van der Waals surface area contributed by atoms with Crippen molar-refractivity contribution in [3.8, 4) is 11.1 Å². The lowest BCUT2D eigenvalue weighted by Crippen LogP contribution is -2.42. The summed E-state index contributed by atoms with van der Waals surface area (Å²) in [5.41, 5.74) is 2.66. The molecule has 2 aromatic carbocycles. The zero-order valence-corrected chi connectivity index (χ0v) is 16.7. The molecule has 0 unspecified atom stereocenters. The Balaban J connectivity index is 2.14. The van der Waals surface area contributed by atoms with Crippen LogP contribution in [0.5, 0.6) is 0 Å². The van der Waals surface area contributed by atoms with Crippen LogP contribution in [0.1, 0.15) is 12.0 Å². The Bertz CT molecular complexity index is 806. The maximum absolute atomic E-state index is 11.8. The third kappa shape index (κ3) is 6.80. The number of halogens is 2. The van der Waals surface area contributed by atoms with Crippen molar-refractivity contribution in [2.24, 2.45) is 0 Å². The van der Waals surface area contributed by atoms with E-state index in [2.05, 4.69) is 5.32 Å². The molecule has 2 atom stereocenters. The van der Waals surface area contributed by atoms with Crippen molar-refractivity contribution in [1.82, 2.24) is 5.32 Å². The average molecular weight is 426 g/mol. The summed E-state index contributed by atoms with van der Waals surface area (Å²) in [6, 6.07) is 12.2. The highest BCUT2D eigenvalue weighted by atomic mass is 35.5. The molecule has 3 N–H and O–H groups in total. The molecule has 2 aromatic rings. The lowest BCUT2D eigenvalue weighted by atomic mass is 9.98. The summed E-state index contributed by atoms with van der Waals surface area (Å²) in [5.74, 6) is -1.71. The number of ether oxygens (including phenoxy) is 1. The molecular formula is C20H21Cl2NO5. The number of amides is 1. The molecule has 0 aromatic heterocycles. The Morgan fingerprint density at radius 3 is 2.21 bits per heavy atom. The van der Waals surface area contributed by atoms with Gasteiger partial charge in [0.25, 0.3) is 0 Å². The number of carbonyl (C=O) groups is 2. The molecule has 0 spiro atoms. The maximum Gasteiger partial charge on any atom is 0.332 e. The van der Waals surface area contributed by atoms with Crippen LogP contribution in [0.15, 0.2) is 42.5 Å². The highest BCUT2D eigenvalue weighted by Crippen LogP contribution is 2.27. The lowest BCUT2D eigenvalue weighted by molar-refractivity contribution is -0.147. The molecule has 8 heteroatoms. The first-order valence-corrected chi connectivity index (χ1v) is 9.28. The number of carbonyl (C=O) groups excluding carboxylic acids is 1. The third-order valence-electron chi connectivity index (χ3n) is 4.07. The second-order valence-corrected chi connectivity index (χ2v) is 7.22. The summed E-state index contributed by atoms with van der Waals surface area (Å²) in [4.78, 5) is 22.8. The van der Waals surface area contributed by atoms with E-state index in [1.54, 1.807) is 18.2 Å². The second kappa shape index (κ2) is 10.4. The molecule has 0 bridgehead atoms. The largest absolute Gasteiger partial charge is 0.479 e. The van der Waals surface area contributed by atoms with Crippen LogP contribution in [-0.4, -0.2) is 48.0 Å². The van der Waals surface area contributed by atoms with Crippen molar-refractivity contribution in [2.45, 2.75) is 25.0 Å². The average Bonchev–Trinajstić information content (AvgIpc) is 2.61. The van der Waals surface area contributed by atoms with Crippen molar-refractivity contribution >= 4 is 35.1 Å². The van der Waals surface area contributed by atoms with Gasteiger partial charge >= 0.3 is 5.97 Å². The van der Waals surface area contributed by atoms with Gasteiger partial charge in [-0.25, -0.2) is 4.79 Å². The Kier molecular flexibility index (Phi) is 8.26. The summed E-state index contributed by atoms with van der Waals surface area (Å²) in [6.45, 7) is -0.145. The van der Waals surface area contributed by atoms with Gasteiger partial charge in [0.1, 0.15) is 6.61 Å². The minimum absolute atomic E-state index is 0.115. The number of aliphatic carboxylic acids is 1. The van der Waals surface area contributed by atoms with E-state index in [0.717, 1.165) is 16.7 Å². The number of hydrogen-bond donors (Lipinski definition) is 3. The molecule has 0 saturated heterocycles. The van der Waals surface area contributed by atoms with E-state index >= 15 is 0 Å². The molecule has 0 aliphatic carbocycles. The van der Waals surface area contributed by atoms with E-state index < -0.39 is 18.1 Å². The number of benzene rings is 2. The molecule has 0 heterocycles. The maximum atomic E-state index is 11.8. The van der Waals surface area contributed by atoms with Gasteiger partial charge in [-0.05, 0) is 41.3 Å². The van der Waals surface area contributed by atoms with Crippen LogP contribution in [0.3, 0.4) is 0 Å². The molecule has 0 saturated carbocycles. The topological polar surface area (TPSA) is 95.9 Å². The minimum Gasteiger partial charge on any atom is -0.479 e. The molecule has 150 valence electrons. The summed E-state index contributed by atoms with van der Waals surface area (Å²) in [5, 5.41) is 22.4.